The van der Waals surface area contributed by atoms with Crippen molar-refractivity contribution in [2.75, 3.05) is 6.61 Å². The van der Waals surface area contributed by atoms with E-state index < -0.39 is 18.1 Å². The second kappa shape index (κ2) is 6.15. The van der Waals surface area contributed by atoms with Crippen LogP contribution in [0, 0.1) is 0 Å². The van der Waals surface area contributed by atoms with Gasteiger partial charge in [0.2, 0.25) is 5.91 Å². The van der Waals surface area contributed by atoms with E-state index in [-0.39, 0.29) is 5.91 Å². The maximum absolute atomic E-state index is 12.1. The van der Waals surface area contributed by atoms with Crippen molar-refractivity contribution < 1.29 is 19.4 Å². The molecule has 1 aliphatic rings. The summed E-state index contributed by atoms with van der Waals surface area (Å²) in [5, 5.41) is 14.0. The Morgan fingerprint density at radius 2 is 1.95 bits per heavy atom. The summed E-state index contributed by atoms with van der Waals surface area (Å²) in [6, 6.07) is 12.0. The quantitative estimate of drug-likeness (QED) is 0.908. The van der Waals surface area contributed by atoms with Gasteiger partial charge in [0, 0.05) is 6.61 Å². The number of carboxylic acid groups (broad SMARTS) is 1. The lowest BCUT2D eigenvalue weighted by atomic mass is 10.0. The molecule has 114 valence electrons. The largest absolute Gasteiger partial charge is 0.479 e. The molecule has 1 fully saturated rings. The molecule has 0 radical (unpaired) electrons. The van der Waals surface area contributed by atoms with Crippen molar-refractivity contribution in [2.45, 2.75) is 25.0 Å². The number of carbonyl (C=O) groups is 2. The van der Waals surface area contributed by atoms with Gasteiger partial charge in [-0.25, -0.2) is 4.79 Å². The predicted octanol–water partition coefficient (Wildman–Crippen LogP) is 2.26. The molecule has 5 nitrogen and oxygen atoms in total. The number of carboxylic acids is 1. The van der Waals surface area contributed by atoms with Gasteiger partial charge in [-0.2, -0.15) is 0 Å². The maximum atomic E-state index is 12.1. The lowest BCUT2D eigenvalue weighted by Gasteiger charge is -2.18. The first-order chi connectivity index (χ1) is 10.6. The van der Waals surface area contributed by atoms with Crippen LogP contribution in [0.4, 0.5) is 0 Å². The molecule has 2 aromatic carbocycles. The predicted molar refractivity (Wildman–Crippen MR) is 81.4 cm³/mol. The van der Waals surface area contributed by atoms with Crippen molar-refractivity contribution in [3.63, 3.8) is 0 Å². The zero-order valence-corrected chi connectivity index (χ0v) is 12.0. The van der Waals surface area contributed by atoms with E-state index in [0.717, 1.165) is 17.2 Å². The average molecular weight is 299 g/mol. The van der Waals surface area contributed by atoms with Gasteiger partial charge in [-0.3, -0.25) is 4.79 Å². The highest BCUT2D eigenvalue weighted by Gasteiger charge is 2.29. The summed E-state index contributed by atoms with van der Waals surface area (Å²) in [6.45, 7) is 0.547. The molecule has 1 saturated heterocycles. The van der Waals surface area contributed by atoms with Gasteiger partial charge in [-0.15, -0.1) is 0 Å². The van der Waals surface area contributed by atoms with Crippen LogP contribution in [0.15, 0.2) is 42.5 Å². The molecule has 1 unspecified atom stereocenters. The molecule has 5 heteroatoms. The fourth-order valence-corrected chi connectivity index (χ4v) is 2.69. The molecule has 1 aliphatic heterocycles. The number of hydrogen-bond donors (Lipinski definition) is 2. The molecule has 1 amide bonds. The van der Waals surface area contributed by atoms with Crippen LogP contribution in [0.3, 0.4) is 0 Å². The molecule has 0 bridgehead atoms. The molecule has 0 aromatic heterocycles. The number of fused-ring (bicyclic) bond motifs is 1. The number of aliphatic carboxylic acids is 1. The Labute approximate surface area is 127 Å². The van der Waals surface area contributed by atoms with Gasteiger partial charge in [0.25, 0.3) is 0 Å². The summed E-state index contributed by atoms with van der Waals surface area (Å²) in [4.78, 5) is 23.6. The zero-order chi connectivity index (χ0) is 15.5. The van der Waals surface area contributed by atoms with Crippen LogP contribution in [0.5, 0.6) is 0 Å². The van der Waals surface area contributed by atoms with Crippen LogP contribution < -0.4 is 5.32 Å². The van der Waals surface area contributed by atoms with Crippen molar-refractivity contribution in [3.8, 4) is 0 Å². The fourth-order valence-electron chi connectivity index (χ4n) is 2.69. The number of carbonyl (C=O) groups excluding carboxylic acids is 1. The first-order valence-corrected chi connectivity index (χ1v) is 7.28. The van der Waals surface area contributed by atoms with E-state index in [0.29, 0.717) is 18.6 Å². The van der Waals surface area contributed by atoms with E-state index in [2.05, 4.69) is 5.32 Å². The third-order valence-electron chi connectivity index (χ3n) is 3.86. The van der Waals surface area contributed by atoms with E-state index in [9.17, 15) is 14.7 Å². The average Bonchev–Trinajstić information content (AvgIpc) is 3.06. The molecular weight excluding hydrogens is 282 g/mol. The van der Waals surface area contributed by atoms with E-state index in [4.69, 9.17) is 4.74 Å². The van der Waals surface area contributed by atoms with Gasteiger partial charge >= 0.3 is 5.97 Å². The van der Waals surface area contributed by atoms with Gasteiger partial charge in [0.1, 0.15) is 6.10 Å². The van der Waals surface area contributed by atoms with Crippen LogP contribution in [-0.2, 0) is 14.3 Å². The van der Waals surface area contributed by atoms with Crippen LogP contribution >= 0.6 is 0 Å². The highest BCUT2D eigenvalue weighted by Crippen LogP contribution is 2.22. The van der Waals surface area contributed by atoms with Crippen molar-refractivity contribution in [3.05, 3.63) is 48.0 Å². The van der Waals surface area contributed by atoms with Gasteiger partial charge in [0.15, 0.2) is 6.04 Å². The maximum Gasteiger partial charge on any atom is 0.330 e. The SMILES string of the molecule is O=C(O)C(NC(=O)[C@@H]1CCCO1)c1ccc2ccccc2c1. The Hall–Kier alpha value is -2.40. The standard InChI is InChI=1S/C17H17NO4/c19-16(14-6-3-9-22-14)18-15(17(20)21)13-8-7-11-4-1-2-5-12(11)10-13/h1-2,4-5,7-8,10,14-15H,3,6,9H2,(H,18,19)(H,20,21)/t14-,15?/m0/s1. The Bertz CT molecular complexity index is 707. The molecule has 2 aromatic rings. The number of hydrogen-bond acceptors (Lipinski definition) is 3. The summed E-state index contributed by atoms with van der Waals surface area (Å²) >= 11 is 0. The first-order valence-electron chi connectivity index (χ1n) is 7.28. The summed E-state index contributed by atoms with van der Waals surface area (Å²) in [6.07, 6.45) is 0.920. The third kappa shape index (κ3) is 2.94. The molecule has 0 aliphatic carbocycles. The van der Waals surface area contributed by atoms with E-state index in [1.54, 1.807) is 12.1 Å². The second-order valence-electron chi connectivity index (χ2n) is 5.39. The third-order valence-corrected chi connectivity index (χ3v) is 3.86. The highest BCUT2D eigenvalue weighted by atomic mass is 16.5. The molecule has 2 atom stereocenters. The number of rotatable bonds is 4. The molecule has 0 spiro atoms. The minimum Gasteiger partial charge on any atom is -0.479 e. The van der Waals surface area contributed by atoms with Crippen LogP contribution in [0.1, 0.15) is 24.4 Å². The number of nitrogens with one attached hydrogen (secondary N) is 1. The van der Waals surface area contributed by atoms with E-state index in [1.165, 1.54) is 0 Å². The Morgan fingerprint density at radius 3 is 2.64 bits per heavy atom. The van der Waals surface area contributed by atoms with Crippen LogP contribution in [-0.4, -0.2) is 29.7 Å². The van der Waals surface area contributed by atoms with E-state index in [1.807, 2.05) is 30.3 Å². The van der Waals surface area contributed by atoms with Crippen LogP contribution in [0.2, 0.25) is 0 Å². The van der Waals surface area contributed by atoms with Crippen molar-refractivity contribution in [2.24, 2.45) is 0 Å². The molecule has 1 heterocycles. The monoisotopic (exact) mass is 299 g/mol. The molecule has 3 rings (SSSR count). The van der Waals surface area contributed by atoms with Gasteiger partial charge in [0.05, 0.1) is 0 Å². The lowest BCUT2D eigenvalue weighted by Crippen LogP contribution is -2.40. The summed E-state index contributed by atoms with van der Waals surface area (Å²) < 4.78 is 5.30. The van der Waals surface area contributed by atoms with Crippen LogP contribution in [0.25, 0.3) is 10.8 Å². The lowest BCUT2D eigenvalue weighted by molar-refractivity contribution is -0.143. The number of benzene rings is 2. The Kier molecular flexibility index (Phi) is 4.06. The van der Waals surface area contributed by atoms with Crippen molar-refractivity contribution in [1.29, 1.82) is 0 Å². The van der Waals surface area contributed by atoms with Gasteiger partial charge < -0.3 is 15.2 Å². The Balaban J connectivity index is 1.85. The highest BCUT2D eigenvalue weighted by molar-refractivity contribution is 5.89. The molecule has 0 saturated carbocycles. The minimum atomic E-state index is -1.08. The topological polar surface area (TPSA) is 75.6 Å². The van der Waals surface area contributed by atoms with Gasteiger partial charge in [-0.1, -0.05) is 36.4 Å². The molecule has 2 N–H and O–H groups in total. The summed E-state index contributed by atoms with van der Waals surface area (Å²) in [5.41, 5.74) is 0.553. The fraction of sp³-hybridized carbons (Fsp3) is 0.294. The van der Waals surface area contributed by atoms with Crippen molar-refractivity contribution in [1.82, 2.24) is 5.32 Å². The molecular formula is C17H17NO4. The van der Waals surface area contributed by atoms with Crippen molar-refractivity contribution >= 4 is 22.6 Å². The van der Waals surface area contributed by atoms with Gasteiger partial charge in [-0.05, 0) is 35.2 Å². The van der Waals surface area contributed by atoms with E-state index >= 15 is 0 Å². The normalized spacial score (nSPS) is 19.0. The first kappa shape index (κ1) is 14.5. The zero-order valence-electron chi connectivity index (χ0n) is 12.0. The molecule has 22 heavy (non-hydrogen) atoms. The number of amides is 1. The minimum absolute atomic E-state index is 0.363. The Morgan fingerprint density at radius 1 is 1.18 bits per heavy atom. The number of ether oxygens (including phenoxy) is 1. The smallest absolute Gasteiger partial charge is 0.330 e. The second-order valence-corrected chi connectivity index (χ2v) is 5.39. The summed E-state index contributed by atoms with van der Waals surface area (Å²) in [7, 11) is 0. The summed E-state index contributed by atoms with van der Waals surface area (Å²) in [5.74, 6) is -1.44.